The Balaban J connectivity index is 1.88. The molecule has 1 heterocycles. The van der Waals surface area contributed by atoms with Crippen molar-refractivity contribution < 1.29 is 9.53 Å². The molecule has 1 aromatic heterocycles. The van der Waals surface area contributed by atoms with Crippen molar-refractivity contribution in [3.63, 3.8) is 0 Å². The van der Waals surface area contributed by atoms with Gasteiger partial charge in [0.25, 0.3) is 5.91 Å². The van der Waals surface area contributed by atoms with Gasteiger partial charge in [0.2, 0.25) is 5.88 Å². The maximum Gasteiger partial charge on any atom is 0.262 e. The molecule has 0 aliphatic carbocycles. The molecular weight excluding hydrogens is 242 g/mol. The van der Waals surface area contributed by atoms with Gasteiger partial charge in [-0.3, -0.25) is 4.79 Å². The van der Waals surface area contributed by atoms with Crippen LogP contribution in [0, 0.1) is 13.8 Å². The first kappa shape index (κ1) is 13.0. The molecule has 0 fully saturated rings. The zero-order valence-electron chi connectivity index (χ0n) is 10.9. The van der Waals surface area contributed by atoms with E-state index in [2.05, 4.69) is 15.5 Å². The quantitative estimate of drug-likeness (QED) is 0.911. The van der Waals surface area contributed by atoms with Crippen LogP contribution in [0.4, 0.5) is 5.69 Å². The highest BCUT2D eigenvalue weighted by Crippen LogP contribution is 2.10. The largest absolute Gasteiger partial charge is 0.466 e. The van der Waals surface area contributed by atoms with E-state index < -0.39 is 0 Å². The molecule has 98 valence electrons. The van der Waals surface area contributed by atoms with E-state index in [0.717, 1.165) is 16.9 Å². The number of carbonyl (C=O) groups is 1. The summed E-state index contributed by atoms with van der Waals surface area (Å²) in [5.74, 6) is 0.123. The molecule has 5 nitrogen and oxygen atoms in total. The number of aromatic nitrogens is 2. The Labute approximate surface area is 111 Å². The first-order valence-electron chi connectivity index (χ1n) is 5.94. The van der Waals surface area contributed by atoms with Gasteiger partial charge in [-0.25, -0.2) is 0 Å². The van der Waals surface area contributed by atoms with Gasteiger partial charge in [-0.2, -0.15) is 5.10 Å². The van der Waals surface area contributed by atoms with E-state index in [1.807, 2.05) is 44.2 Å². The SMILES string of the molecule is Cc1cc(OCC(=O)Nc2ccccc2)nnc1C. The second-order valence-electron chi connectivity index (χ2n) is 4.15. The number of nitrogens with zero attached hydrogens (tertiary/aromatic N) is 2. The topological polar surface area (TPSA) is 64.1 Å². The lowest BCUT2D eigenvalue weighted by atomic mass is 10.2. The highest BCUT2D eigenvalue weighted by Gasteiger charge is 2.05. The highest BCUT2D eigenvalue weighted by atomic mass is 16.5. The summed E-state index contributed by atoms with van der Waals surface area (Å²) >= 11 is 0. The van der Waals surface area contributed by atoms with Crippen LogP contribution in [0.2, 0.25) is 0 Å². The first-order chi connectivity index (χ1) is 9.15. The van der Waals surface area contributed by atoms with E-state index in [0.29, 0.717) is 5.88 Å². The third kappa shape index (κ3) is 3.77. The molecule has 5 heteroatoms. The molecule has 0 radical (unpaired) electrons. The molecule has 0 atom stereocenters. The second-order valence-corrected chi connectivity index (χ2v) is 4.15. The molecule has 0 saturated carbocycles. The van der Waals surface area contributed by atoms with Gasteiger partial charge in [0.05, 0.1) is 5.69 Å². The van der Waals surface area contributed by atoms with Crippen molar-refractivity contribution in [3.05, 3.63) is 47.7 Å². The maximum atomic E-state index is 11.7. The van der Waals surface area contributed by atoms with Gasteiger partial charge in [-0.1, -0.05) is 18.2 Å². The third-order valence-electron chi connectivity index (χ3n) is 2.62. The van der Waals surface area contributed by atoms with Gasteiger partial charge < -0.3 is 10.1 Å². The van der Waals surface area contributed by atoms with Crippen LogP contribution in [0.3, 0.4) is 0 Å². The number of rotatable bonds is 4. The molecule has 0 unspecified atom stereocenters. The van der Waals surface area contributed by atoms with Crippen LogP contribution in [0.5, 0.6) is 5.88 Å². The fourth-order valence-electron chi connectivity index (χ4n) is 1.45. The van der Waals surface area contributed by atoms with Crippen LogP contribution < -0.4 is 10.1 Å². The zero-order chi connectivity index (χ0) is 13.7. The van der Waals surface area contributed by atoms with Crippen molar-refractivity contribution in [1.82, 2.24) is 10.2 Å². The summed E-state index contributed by atoms with van der Waals surface area (Å²) in [5, 5.41) is 10.5. The Morgan fingerprint density at radius 3 is 2.63 bits per heavy atom. The number of anilines is 1. The summed E-state index contributed by atoms with van der Waals surface area (Å²) in [5.41, 5.74) is 2.57. The highest BCUT2D eigenvalue weighted by molar-refractivity contribution is 5.91. The molecule has 1 aromatic carbocycles. The molecule has 2 aromatic rings. The standard InChI is InChI=1S/C14H15N3O2/c1-10-8-14(17-16-11(10)2)19-9-13(18)15-12-6-4-3-5-7-12/h3-8H,9H2,1-2H3,(H,15,18). The molecule has 0 bridgehead atoms. The number of hydrogen-bond donors (Lipinski definition) is 1. The number of para-hydroxylation sites is 1. The van der Waals surface area contributed by atoms with E-state index in [9.17, 15) is 4.79 Å². The van der Waals surface area contributed by atoms with Crippen LogP contribution in [0.1, 0.15) is 11.3 Å². The zero-order valence-corrected chi connectivity index (χ0v) is 10.9. The number of aryl methyl sites for hydroxylation is 2. The number of amides is 1. The Hall–Kier alpha value is -2.43. The summed E-state index contributed by atoms with van der Waals surface area (Å²) in [6, 6.07) is 11.0. The van der Waals surface area contributed by atoms with Crippen molar-refractivity contribution in [2.75, 3.05) is 11.9 Å². The second kappa shape index (κ2) is 5.95. The molecular formula is C14H15N3O2. The molecule has 19 heavy (non-hydrogen) atoms. The maximum absolute atomic E-state index is 11.7. The van der Waals surface area contributed by atoms with Gasteiger partial charge in [0, 0.05) is 11.8 Å². The van der Waals surface area contributed by atoms with Gasteiger partial charge in [0.1, 0.15) is 0 Å². The van der Waals surface area contributed by atoms with Gasteiger partial charge in [0.15, 0.2) is 6.61 Å². The molecule has 0 spiro atoms. The Bertz CT molecular complexity index is 570. The lowest BCUT2D eigenvalue weighted by molar-refractivity contribution is -0.118. The molecule has 0 saturated heterocycles. The average molecular weight is 257 g/mol. The summed E-state index contributed by atoms with van der Waals surface area (Å²) < 4.78 is 5.29. The van der Waals surface area contributed by atoms with Crippen LogP contribution in [0.25, 0.3) is 0 Å². The van der Waals surface area contributed by atoms with Gasteiger partial charge in [-0.15, -0.1) is 5.10 Å². The third-order valence-corrected chi connectivity index (χ3v) is 2.62. The van der Waals surface area contributed by atoms with Crippen LogP contribution >= 0.6 is 0 Å². The number of nitrogens with one attached hydrogen (secondary N) is 1. The van der Waals surface area contributed by atoms with Gasteiger partial charge in [-0.05, 0) is 31.5 Å². The van der Waals surface area contributed by atoms with Crippen molar-refractivity contribution >= 4 is 11.6 Å². The van der Waals surface area contributed by atoms with Crippen molar-refractivity contribution in [2.24, 2.45) is 0 Å². The van der Waals surface area contributed by atoms with E-state index in [4.69, 9.17) is 4.74 Å². The van der Waals surface area contributed by atoms with E-state index in [-0.39, 0.29) is 12.5 Å². The Morgan fingerprint density at radius 2 is 1.95 bits per heavy atom. The number of ether oxygens (including phenoxy) is 1. The van der Waals surface area contributed by atoms with Crippen LogP contribution in [-0.2, 0) is 4.79 Å². The van der Waals surface area contributed by atoms with E-state index in [1.54, 1.807) is 6.07 Å². The fourth-order valence-corrected chi connectivity index (χ4v) is 1.45. The average Bonchev–Trinajstić information content (AvgIpc) is 2.41. The minimum absolute atomic E-state index is 0.0912. The summed E-state index contributed by atoms with van der Waals surface area (Å²) in [7, 11) is 0. The molecule has 2 rings (SSSR count). The van der Waals surface area contributed by atoms with Crippen molar-refractivity contribution in [3.8, 4) is 5.88 Å². The van der Waals surface area contributed by atoms with E-state index in [1.165, 1.54) is 0 Å². The monoisotopic (exact) mass is 257 g/mol. The fraction of sp³-hybridized carbons (Fsp3) is 0.214. The molecule has 1 amide bonds. The predicted molar refractivity (Wildman–Crippen MR) is 72.1 cm³/mol. The lowest BCUT2D eigenvalue weighted by Crippen LogP contribution is -2.20. The minimum atomic E-state index is -0.230. The first-order valence-corrected chi connectivity index (χ1v) is 5.94. The Kier molecular flexibility index (Phi) is 4.07. The predicted octanol–water partition coefficient (Wildman–Crippen LogP) is 2.11. The minimum Gasteiger partial charge on any atom is -0.466 e. The van der Waals surface area contributed by atoms with Crippen LogP contribution in [0.15, 0.2) is 36.4 Å². The van der Waals surface area contributed by atoms with Gasteiger partial charge >= 0.3 is 0 Å². The number of benzene rings is 1. The number of hydrogen-bond acceptors (Lipinski definition) is 4. The molecule has 0 aliphatic heterocycles. The number of carbonyl (C=O) groups excluding carboxylic acids is 1. The Morgan fingerprint density at radius 1 is 1.21 bits per heavy atom. The summed E-state index contributed by atoms with van der Waals surface area (Å²) in [6.45, 7) is 3.70. The van der Waals surface area contributed by atoms with Crippen molar-refractivity contribution in [1.29, 1.82) is 0 Å². The van der Waals surface area contributed by atoms with Crippen LogP contribution in [-0.4, -0.2) is 22.7 Å². The smallest absolute Gasteiger partial charge is 0.262 e. The lowest BCUT2D eigenvalue weighted by Gasteiger charge is -2.07. The van der Waals surface area contributed by atoms with Crippen molar-refractivity contribution in [2.45, 2.75) is 13.8 Å². The van der Waals surface area contributed by atoms with E-state index >= 15 is 0 Å². The summed E-state index contributed by atoms with van der Waals surface area (Å²) in [4.78, 5) is 11.7. The molecule has 1 N–H and O–H groups in total. The molecule has 0 aliphatic rings. The normalized spacial score (nSPS) is 10.0. The summed E-state index contributed by atoms with van der Waals surface area (Å²) in [6.07, 6.45) is 0.